The molecule has 0 bridgehead atoms. The fraction of sp³-hybridized carbons (Fsp3) is 0.800. The Hall–Kier alpha value is -1.40. The number of rotatable bonds is 8. The van der Waals surface area contributed by atoms with Gasteiger partial charge >= 0.3 is 0 Å². The number of ether oxygens (including phenoxy) is 2. The van der Waals surface area contributed by atoms with Crippen molar-refractivity contribution in [2.24, 2.45) is 11.8 Å². The van der Waals surface area contributed by atoms with E-state index >= 15 is 0 Å². The molecular formula is C20H32N2O4. The molecule has 1 aliphatic carbocycles. The van der Waals surface area contributed by atoms with Gasteiger partial charge in [0.25, 0.3) is 0 Å². The van der Waals surface area contributed by atoms with Gasteiger partial charge in [-0.3, -0.25) is 9.59 Å². The smallest absolute Gasteiger partial charge is 0.223 e. The molecule has 2 unspecified atom stereocenters. The molecule has 3 fully saturated rings. The second kappa shape index (κ2) is 8.53. The van der Waals surface area contributed by atoms with Crippen molar-refractivity contribution in [1.29, 1.82) is 0 Å². The summed E-state index contributed by atoms with van der Waals surface area (Å²) in [4.78, 5) is 24.3. The van der Waals surface area contributed by atoms with Crippen LogP contribution in [0.4, 0.5) is 0 Å². The average molecular weight is 364 g/mol. The number of carbonyl (C=O) groups excluding carboxylic acids is 2. The van der Waals surface area contributed by atoms with Crippen molar-refractivity contribution in [3.05, 3.63) is 11.6 Å². The van der Waals surface area contributed by atoms with E-state index in [4.69, 9.17) is 9.47 Å². The molecule has 2 aliphatic heterocycles. The van der Waals surface area contributed by atoms with Crippen molar-refractivity contribution in [2.45, 2.75) is 77.2 Å². The molecule has 3 rings (SSSR count). The van der Waals surface area contributed by atoms with E-state index in [0.717, 1.165) is 25.7 Å². The molecule has 2 heterocycles. The van der Waals surface area contributed by atoms with Gasteiger partial charge in [-0.2, -0.15) is 0 Å². The molecule has 6 heteroatoms. The first-order valence-electron chi connectivity index (χ1n) is 9.90. The fourth-order valence-electron chi connectivity index (χ4n) is 3.73. The van der Waals surface area contributed by atoms with Crippen LogP contribution in [0.1, 0.15) is 52.9 Å². The Kier molecular flexibility index (Phi) is 6.35. The van der Waals surface area contributed by atoms with Crippen LogP contribution in [0.15, 0.2) is 11.6 Å². The van der Waals surface area contributed by atoms with Crippen LogP contribution in [0.25, 0.3) is 0 Å². The molecule has 1 saturated carbocycles. The molecule has 0 spiro atoms. The quantitative estimate of drug-likeness (QED) is 0.645. The second-order valence-electron chi connectivity index (χ2n) is 8.33. The average Bonchev–Trinajstić information content (AvgIpc) is 3.24. The van der Waals surface area contributed by atoms with Crippen molar-refractivity contribution in [2.75, 3.05) is 13.2 Å². The predicted octanol–water partition coefficient (Wildman–Crippen LogP) is 1.94. The van der Waals surface area contributed by atoms with Crippen LogP contribution in [-0.2, 0) is 19.1 Å². The van der Waals surface area contributed by atoms with E-state index in [-0.39, 0.29) is 42.0 Å². The predicted molar refractivity (Wildman–Crippen MR) is 98.5 cm³/mol. The summed E-state index contributed by atoms with van der Waals surface area (Å²) in [5.41, 5.74) is 1.32. The van der Waals surface area contributed by atoms with E-state index < -0.39 is 0 Å². The summed E-state index contributed by atoms with van der Waals surface area (Å²) in [7, 11) is 0. The molecular weight excluding hydrogens is 332 g/mol. The highest BCUT2D eigenvalue weighted by molar-refractivity contribution is 5.81. The number of carbonyl (C=O) groups is 2. The zero-order valence-corrected chi connectivity index (χ0v) is 16.1. The first-order chi connectivity index (χ1) is 12.4. The molecule has 2 saturated heterocycles. The van der Waals surface area contributed by atoms with Crippen molar-refractivity contribution in [1.82, 2.24) is 10.6 Å². The maximum absolute atomic E-state index is 12.3. The lowest BCUT2D eigenvalue weighted by Crippen LogP contribution is -2.47. The van der Waals surface area contributed by atoms with Crippen molar-refractivity contribution in [3.8, 4) is 0 Å². The van der Waals surface area contributed by atoms with Crippen LogP contribution in [0.2, 0.25) is 0 Å². The fourth-order valence-corrected chi connectivity index (χ4v) is 3.73. The van der Waals surface area contributed by atoms with E-state index in [9.17, 15) is 9.59 Å². The summed E-state index contributed by atoms with van der Waals surface area (Å²) in [5.74, 6) is 0.691. The summed E-state index contributed by atoms with van der Waals surface area (Å²) in [6.45, 7) is 7.20. The van der Waals surface area contributed by atoms with Gasteiger partial charge in [0.05, 0.1) is 25.3 Å². The number of hydrogen-bond donors (Lipinski definition) is 2. The highest BCUT2D eigenvalue weighted by atomic mass is 16.6. The first-order valence-corrected chi connectivity index (χ1v) is 9.90. The first kappa shape index (κ1) is 19.4. The minimum absolute atomic E-state index is 0.0537. The van der Waals surface area contributed by atoms with Crippen LogP contribution in [0.3, 0.4) is 0 Å². The van der Waals surface area contributed by atoms with Gasteiger partial charge in [-0.15, -0.1) is 0 Å². The Morgan fingerprint density at radius 3 is 2.27 bits per heavy atom. The Morgan fingerprint density at radius 2 is 1.69 bits per heavy atom. The standard InChI is InChI=1S/C20H32N2O4/c1-12(2)5-4-6-13(3)9-17(23)21-15-10-25-19-16(11-26-18(15)19)22-20(24)14-7-8-14/h5,13-16,18-19H,4,6-11H2,1-3H3,(H,21,23)(H,22,24)/t13?,15-,16?,18+,19+/m0/s1. The van der Waals surface area contributed by atoms with Gasteiger partial charge in [0.15, 0.2) is 0 Å². The highest BCUT2D eigenvalue weighted by Gasteiger charge is 2.49. The van der Waals surface area contributed by atoms with Gasteiger partial charge in [-0.1, -0.05) is 18.6 Å². The maximum atomic E-state index is 12.3. The van der Waals surface area contributed by atoms with E-state index in [2.05, 4.69) is 37.5 Å². The lowest BCUT2D eigenvalue weighted by molar-refractivity contribution is -0.124. The number of amides is 2. The topological polar surface area (TPSA) is 76.7 Å². The maximum Gasteiger partial charge on any atom is 0.223 e. The van der Waals surface area contributed by atoms with Crippen molar-refractivity contribution in [3.63, 3.8) is 0 Å². The third-order valence-corrected chi connectivity index (χ3v) is 5.42. The van der Waals surface area contributed by atoms with Gasteiger partial charge in [0, 0.05) is 12.3 Å². The molecule has 0 radical (unpaired) electrons. The molecule has 2 amide bonds. The Labute approximate surface area is 156 Å². The normalized spacial score (nSPS) is 31.2. The number of hydrogen-bond acceptors (Lipinski definition) is 4. The summed E-state index contributed by atoms with van der Waals surface area (Å²) in [5, 5.41) is 6.12. The molecule has 0 aromatic heterocycles. The SMILES string of the molecule is CC(C)=CCCC(C)CC(=O)N[C@H]1CO[C@@H]2C(NC(=O)C3CC3)CO[C@H]12. The molecule has 6 nitrogen and oxygen atoms in total. The van der Waals surface area contributed by atoms with Gasteiger partial charge in [-0.25, -0.2) is 0 Å². The van der Waals surface area contributed by atoms with Gasteiger partial charge in [0.2, 0.25) is 11.8 Å². The van der Waals surface area contributed by atoms with Crippen LogP contribution >= 0.6 is 0 Å². The monoisotopic (exact) mass is 364 g/mol. The van der Waals surface area contributed by atoms with E-state index in [1.165, 1.54) is 5.57 Å². The van der Waals surface area contributed by atoms with E-state index in [1.54, 1.807) is 0 Å². The number of allylic oxidation sites excluding steroid dienone is 2. The zero-order valence-electron chi connectivity index (χ0n) is 16.1. The van der Waals surface area contributed by atoms with Crippen LogP contribution < -0.4 is 10.6 Å². The number of fused-ring (bicyclic) bond motifs is 1. The molecule has 146 valence electrons. The summed E-state index contributed by atoms with van der Waals surface area (Å²) in [6, 6.07) is -0.224. The third kappa shape index (κ3) is 5.07. The molecule has 0 aromatic rings. The molecule has 0 aromatic carbocycles. The van der Waals surface area contributed by atoms with E-state index in [0.29, 0.717) is 25.6 Å². The Morgan fingerprint density at radius 1 is 1.08 bits per heavy atom. The molecule has 3 aliphatic rings. The van der Waals surface area contributed by atoms with Crippen molar-refractivity contribution >= 4 is 11.8 Å². The highest BCUT2D eigenvalue weighted by Crippen LogP contribution is 2.31. The second-order valence-corrected chi connectivity index (χ2v) is 8.33. The van der Waals surface area contributed by atoms with Crippen LogP contribution in [0.5, 0.6) is 0 Å². The van der Waals surface area contributed by atoms with Crippen LogP contribution in [0, 0.1) is 11.8 Å². The zero-order chi connectivity index (χ0) is 18.7. The Bertz CT molecular complexity index is 554. The summed E-state index contributed by atoms with van der Waals surface area (Å²) >= 11 is 0. The van der Waals surface area contributed by atoms with Gasteiger partial charge < -0.3 is 20.1 Å². The summed E-state index contributed by atoms with van der Waals surface area (Å²) < 4.78 is 11.7. The summed E-state index contributed by atoms with van der Waals surface area (Å²) in [6.07, 6.45) is 6.41. The molecule has 2 N–H and O–H groups in total. The minimum atomic E-state index is -0.163. The Balaban J connectivity index is 1.41. The van der Waals surface area contributed by atoms with Crippen LogP contribution in [-0.4, -0.2) is 49.3 Å². The largest absolute Gasteiger partial charge is 0.371 e. The van der Waals surface area contributed by atoms with Gasteiger partial charge in [-0.05, 0) is 45.4 Å². The minimum Gasteiger partial charge on any atom is -0.371 e. The van der Waals surface area contributed by atoms with E-state index in [1.807, 2.05) is 0 Å². The lowest BCUT2D eigenvalue weighted by atomic mass is 10.00. The molecule has 5 atom stereocenters. The van der Waals surface area contributed by atoms with Gasteiger partial charge in [0.1, 0.15) is 12.2 Å². The molecule has 26 heavy (non-hydrogen) atoms. The third-order valence-electron chi connectivity index (χ3n) is 5.42. The number of nitrogens with one attached hydrogen (secondary N) is 2. The van der Waals surface area contributed by atoms with Crippen molar-refractivity contribution < 1.29 is 19.1 Å². The lowest BCUT2D eigenvalue weighted by Gasteiger charge is -2.19.